The summed E-state index contributed by atoms with van der Waals surface area (Å²) >= 11 is 0. The Bertz CT molecular complexity index is 1810. The molecule has 0 unspecified atom stereocenters. The van der Waals surface area contributed by atoms with E-state index in [-0.39, 0.29) is 0 Å². The van der Waals surface area contributed by atoms with Crippen LogP contribution < -0.4 is 24.1 Å². The quantitative estimate of drug-likeness (QED) is 0.177. The Labute approximate surface area is 228 Å². The molecule has 0 fully saturated rings. The van der Waals surface area contributed by atoms with Gasteiger partial charge >= 0.3 is 5.51 Å². The van der Waals surface area contributed by atoms with Crippen molar-refractivity contribution in [2.24, 2.45) is 7.05 Å². The van der Waals surface area contributed by atoms with Gasteiger partial charge < -0.3 is 18.8 Å². The highest BCUT2D eigenvalue weighted by Gasteiger charge is 2.37. The molecule has 0 saturated carbocycles. The minimum atomic E-state index is -6.09. The summed E-state index contributed by atoms with van der Waals surface area (Å²) in [7, 11) is 0.897. The zero-order valence-corrected chi connectivity index (χ0v) is 22.7. The van der Waals surface area contributed by atoms with Gasteiger partial charge in [-0.15, -0.1) is 9.20 Å². The molecule has 0 aliphatic rings. The standard InChI is InChI=1S/C27H25N2O3.CHF3O3S/c1-28-23(19-10-6-5-7-11-19)17-24-21(20-12-8-9-13-22(20)29(24)28)14-18-15-25(30-2)27(32-4)26(16-18)31-3;2-1(3,4)8(5,6)7/h5-17H,1-4H3;(H,5,6,7)/q+1;/p-1. The maximum atomic E-state index is 10.7. The second kappa shape index (κ2) is 11.1. The van der Waals surface area contributed by atoms with E-state index in [1.165, 1.54) is 10.9 Å². The number of hydrogen-bond donors (Lipinski definition) is 0. The van der Waals surface area contributed by atoms with Crippen molar-refractivity contribution >= 4 is 32.6 Å². The number of fused-ring (bicyclic) bond motifs is 3. The molecule has 3 aromatic carbocycles. The Morgan fingerprint density at radius 1 is 0.850 bits per heavy atom. The lowest BCUT2D eigenvalue weighted by Gasteiger charge is -2.12. The molecule has 0 aliphatic carbocycles. The van der Waals surface area contributed by atoms with Crippen LogP contribution in [0.25, 0.3) is 33.8 Å². The third-order valence-corrected chi connectivity index (χ3v) is 6.77. The van der Waals surface area contributed by atoms with Gasteiger partial charge in [0.1, 0.15) is 11.0 Å². The summed E-state index contributed by atoms with van der Waals surface area (Å²) in [6.45, 7) is 0. The minimum Gasteiger partial charge on any atom is -0.741 e. The molecule has 0 N–H and O–H groups in total. The van der Waals surface area contributed by atoms with Crippen molar-refractivity contribution in [1.29, 1.82) is 0 Å². The predicted octanol–water partition coefficient (Wildman–Crippen LogP) is 4.21. The van der Waals surface area contributed by atoms with Gasteiger partial charge in [-0.05, 0) is 42.0 Å². The van der Waals surface area contributed by atoms with E-state index in [4.69, 9.17) is 27.2 Å². The van der Waals surface area contributed by atoms with Crippen LogP contribution in [0, 0.1) is 0 Å². The van der Waals surface area contributed by atoms with Crippen molar-refractivity contribution in [1.82, 2.24) is 4.52 Å². The SMILES string of the molecule is COc1cc(C=c2c3ccccc3n3c2cc(-c2ccccc2)[n+]3C)cc(OC)c1OC.O=S(=O)([O-])C(F)(F)F. The van der Waals surface area contributed by atoms with Crippen LogP contribution in [0.15, 0.2) is 72.8 Å². The Kier molecular flexibility index (Phi) is 7.94. The summed E-state index contributed by atoms with van der Waals surface area (Å²) in [6, 6.07) is 25.1. The molecule has 0 atom stereocenters. The van der Waals surface area contributed by atoms with Crippen molar-refractivity contribution in [3.8, 4) is 28.5 Å². The second-order valence-corrected chi connectivity index (χ2v) is 9.92. The Balaban J connectivity index is 0.000000406. The largest absolute Gasteiger partial charge is 0.741 e. The van der Waals surface area contributed by atoms with Gasteiger partial charge in [-0.3, -0.25) is 0 Å². The predicted molar refractivity (Wildman–Crippen MR) is 142 cm³/mol. The molecular formula is C28H25F3N2O6S. The molecule has 0 amide bonds. The highest BCUT2D eigenvalue weighted by molar-refractivity contribution is 7.86. The monoisotopic (exact) mass is 574 g/mol. The lowest BCUT2D eigenvalue weighted by atomic mass is 10.1. The number of hydrogen-bond acceptors (Lipinski definition) is 6. The lowest BCUT2D eigenvalue weighted by molar-refractivity contribution is -0.725. The first-order valence-corrected chi connectivity index (χ1v) is 13.1. The summed E-state index contributed by atoms with van der Waals surface area (Å²) in [5.41, 5.74) is -0.0324. The van der Waals surface area contributed by atoms with E-state index < -0.39 is 15.6 Å². The normalized spacial score (nSPS) is 12.3. The van der Waals surface area contributed by atoms with E-state index in [0.29, 0.717) is 17.2 Å². The van der Waals surface area contributed by atoms with Gasteiger partial charge in [0.25, 0.3) is 0 Å². The Morgan fingerprint density at radius 3 is 1.93 bits per heavy atom. The van der Waals surface area contributed by atoms with Crippen LogP contribution in [0.1, 0.15) is 5.56 Å². The number of aromatic nitrogens is 2. The van der Waals surface area contributed by atoms with Crippen LogP contribution in [0.5, 0.6) is 17.2 Å². The molecule has 0 saturated heterocycles. The van der Waals surface area contributed by atoms with Crippen molar-refractivity contribution < 1.29 is 45.0 Å². The molecule has 0 aliphatic heterocycles. The van der Waals surface area contributed by atoms with Crippen LogP contribution in [0.2, 0.25) is 0 Å². The van der Waals surface area contributed by atoms with Gasteiger partial charge in [-0.1, -0.05) is 36.4 Å². The molecule has 12 heteroatoms. The third-order valence-electron chi connectivity index (χ3n) is 6.20. The minimum absolute atomic E-state index is 0.588. The second-order valence-electron chi connectivity index (χ2n) is 8.55. The molecule has 210 valence electrons. The number of alkyl halides is 3. The fourth-order valence-electron chi connectivity index (χ4n) is 4.44. The van der Waals surface area contributed by atoms with Gasteiger partial charge in [-0.25, -0.2) is 8.42 Å². The number of methoxy groups -OCH3 is 3. The number of rotatable bonds is 5. The van der Waals surface area contributed by atoms with Crippen LogP contribution in [-0.4, -0.2) is 44.3 Å². The number of halogens is 3. The topological polar surface area (TPSA) is 93.2 Å². The number of aryl methyl sites for hydroxylation is 1. The fraction of sp³-hybridized carbons (Fsp3) is 0.179. The summed E-state index contributed by atoms with van der Waals surface area (Å²) in [6.07, 6.45) is 2.18. The molecular weight excluding hydrogens is 549 g/mol. The van der Waals surface area contributed by atoms with Crippen molar-refractivity contribution in [3.05, 3.63) is 83.6 Å². The van der Waals surface area contributed by atoms with Crippen LogP contribution in [0.4, 0.5) is 13.2 Å². The van der Waals surface area contributed by atoms with Crippen LogP contribution in [0.3, 0.4) is 0 Å². The number of ether oxygens (including phenoxy) is 3. The van der Waals surface area contributed by atoms with E-state index >= 15 is 0 Å². The maximum absolute atomic E-state index is 10.7. The molecule has 0 radical (unpaired) electrons. The maximum Gasteiger partial charge on any atom is 0.485 e. The van der Waals surface area contributed by atoms with E-state index in [2.05, 4.69) is 76.9 Å². The number of nitrogens with zero attached hydrogens (tertiary/aromatic N) is 2. The van der Waals surface area contributed by atoms with E-state index in [1.807, 2.05) is 18.2 Å². The Hall–Kier alpha value is -4.29. The molecule has 0 bridgehead atoms. The molecule has 2 aromatic heterocycles. The average molecular weight is 575 g/mol. The van der Waals surface area contributed by atoms with Gasteiger partial charge in [-0.2, -0.15) is 13.2 Å². The molecule has 40 heavy (non-hydrogen) atoms. The fourth-order valence-corrected chi connectivity index (χ4v) is 4.44. The number of benzene rings is 3. The van der Waals surface area contributed by atoms with Crippen molar-refractivity contribution in [3.63, 3.8) is 0 Å². The smallest absolute Gasteiger partial charge is 0.485 e. The third kappa shape index (κ3) is 5.40. The Morgan fingerprint density at radius 2 is 1.40 bits per heavy atom. The van der Waals surface area contributed by atoms with Gasteiger partial charge in [0.05, 0.1) is 21.3 Å². The molecule has 5 rings (SSSR count). The number of para-hydroxylation sites is 1. The highest BCUT2D eigenvalue weighted by atomic mass is 32.2. The first kappa shape index (κ1) is 28.7. The first-order valence-electron chi connectivity index (χ1n) is 11.7. The van der Waals surface area contributed by atoms with Gasteiger partial charge in [0.2, 0.25) is 11.4 Å². The molecule has 0 spiro atoms. The first-order chi connectivity index (χ1) is 18.9. The molecule has 8 nitrogen and oxygen atoms in total. The highest BCUT2D eigenvalue weighted by Crippen LogP contribution is 2.38. The summed E-state index contributed by atoms with van der Waals surface area (Å²) < 4.78 is 80.0. The van der Waals surface area contributed by atoms with Crippen LogP contribution >= 0.6 is 0 Å². The summed E-state index contributed by atoms with van der Waals surface area (Å²) in [5, 5.41) is 2.33. The van der Waals surface area contributed by atoms with E-state index in [1.54, 1.807) is 21.3 Å². The van der Waals surface area contributed by atoms with Gasteiger partial charge in [0, 0.05) is 22.2 Å². The zero-order valence-electron chi connectivity index (χ0n) is 21.9. The van der Waals surface area contributed by atoms with E-state index in [9.17, 15) is 13.2 Å². The lowest BCUT2D eigenvalue weighted by Crippen LogP contribution is -2.36. The summed E-state index contributed by atoms with van der Waals surface area (Å²) in [5.74, 6) is 1.86. The molecule has 2 heterocycles. The van der Waals surface area contributed by atoms with E-state index in [0.717, 1.165) is 27.5 Å². The summed E-state index contributed by atoms with van der Waals surface area (Å²) in [4.78, 5) is 0. The van der Waals surface area contributed by atoms with Crippen LogP contribution in [-0.2, 0) is 17.2 Å². The molecule has 5 aromatic rings. The zero-order chi connectivity index (χ0) is 29.2. The van der Waals surface area contributed by atoms with Crippen molar-refractivity contribution in [2.45, 2.75) is 5.51 Å². The average Bonchev–Trinajstić information content (AvgIpc) is 3.42. The van der Waals surface area contributed by atoms with Gasteiger partial charge in [0.15, 0.2) is 28.7 Å². The van der Waals surface area contributed by atoms with Crippen molar-refractivity contribution in [2.75, 3.05) is 21.3 Å².